The highest BCUT2D eigenvalue weighted by atomic mass is 19.4. The highest BCUT2D eigenvalue weighted by Gasteiger charge is 2.35. The minimum Gasteiger partial charge on any atom is -0.333 e. The van der Waals surface area contributed by atoms with Crippen molar-refractivity contribution in [3.63, 3.8) is 0 Å². The molecule has 1 fully saturated rings. The first-order chi connectivity index (χ1) is 9.30. The highest BCUT2D eigenvalue weighted by Crippen LogP contribution is 2.32. The number of carbonyl (C=O) groups excluding carboxylic acids is 1. The molecular weight excluding hydrogens is 276 g/mol. The van der Waals surface area contributed by atoms with E-state index in [0.29, 0.717) is 31.8 Å². The normalized spacial score (nSPS) is 20.1. The number of hydrogen-bond acceptors (Lipinski definition) is 2. The summed E-state index contributed by atoms with van der Waals surface area (Å²) < 4.78 is 51.1. The fourth-order valence-corrected chi connectivity index (χ4v) is 2.18. The van der Waals surface area contributed by atoms with Crippen molar-refractivity contribution >= 4 is 5.91 Å². The van der Waals surface area contributed by atoms with Crippen molar-refractivity contribution < 1.29 is 22.4 Å². The third-order valence-corrected chi connectivity index (χ3v) is 3.28. The first-order valence-electron chi connectivity index (χ1n) is 6.19. The van der Waals surface area contributed by atoms with Crippen molar-refractivity contribution in [2.24, 2.45) is 0 Å². The molecule has 2 rings (SSSR count). The number of rotatable bonds is 1. The quantitative estimate of drug-likeness (QED) is 0.805. The molecular formula is C13H14F4N2O. The van der Waals surface area contributed by atoms with Crippen LogP contribution in [0.5, 0.6) is 0 Å². The fourth-order valence-electron chi connectivity index (χ4n) is 2.18. The topological polar surface area (TPSA) is 32.3 Å². The number of halogens is 4. The molecule has 0 radical (unpaired) electrons. The van der Waals surface area contributed by atoms with Gasteiger partial charge in [0.05, 0.1) is 5.56 Å². The van der Waals surface area contributed by atoms with E-state index in [2.05, 4.69) is 5.32 Å². The molecule has 20 heavy (non-hydrogen) atoms. The molecule has 1 aliphatic heterocycles. The molecule has 0 aromatic heterocycles. The van der Waals surface area contributed by atoms with Gasteiger partial charge in [-0.25, -0.2) is 4.39 Å². The molecule has 1 aromatic rings. The van der Waals surface area contributed by atoms with E-state index in [-0.39, 0.29) is 11.6 Å². The van der Waals surface area contributed by atoms with Crippen molar-refractivity contribution in [2.45, 2.75) is 19.1 Å². The molecule has 1 aromatic carbocycles. The van der Waals surface area contributed by atoms with E-state index in [9.17, 15) is 22.4 Å². The van der Waals surface area contributed by atoms with Crippen LogP contribution in [0.25, 0.3) is 0 Å². The van der Waals surface area contributed by atoms with Crippen LogP contribution >= 0.6 is 0 Å². The molecule has 7 heteroatoms. The van der Waals surface area contributed by atoms with Crippen LogP contribution in [0.1, 0.15) is 22.8 Å². The van der Waals surface area contributed by atoms with Crippen molar-refractivity contribution in [2.75, 3.05) is 19.6 Å². The summed E-state index contributed by atoms with van der Waals surface area (Å²) in [7, 11) is 0. The lowest BCUT2D eigenvalue weighted by Crippen LogP contribution is -2.52. The fraction of sp³-hybridized carbons (Fsp3) is 0.462. The summed E-state index contributed by atoms with van der Waals surface area (Å²) in [5.74, 6) is -1.88. The van der Waals surface area contributed by atoms with Crippen molar-refractivity contribution in [1.82, 2.24) is 10.2 Å². The van der Waals surface area contributed by atoms with Gasteiger partial charge in [-0.15, -0.1) is 0 Å². The summed E-state index contributed by atoms with van der Waals surface area (Å²) >= 11 is 0. The Kier molecular flexibility index (Phi) is 3.99. The smallest absolute Gasteiger partial charge is 0.333 e. The number of carbonyl (C=O) groups is 1. The third kappa shape index (κ3) is 2.92. The highest BCUT2D eigenvalue weighted by molar-refractivity contribution is 5.94. The Morgan fingerprint density at radius 2 is 2.10 bits per heavy atom. The van der Waals surface area contributed by atoms with E-state index in [0.717, 1.165) is 6.07 Å². The Hall–Kier alpha value is -1.63. The molecule has 0 aliphatic carbocycles. The van der Waals surface area contributed by atoms with Crippen LogP contribution in [0.2, 0.25) is 0 Å². The van der Waals surface area contributed by atoms with E-state index < -0.39 is 23.5 Å². The number of nitrogens with one attached hydrogen (secondary N) is 1. The maximum absolute atomic E-state index is 13.2. The monoisotopic (exact) mass is 290 g/mol. The molecule has 0 unspecified atom stereocenters. The number of amides is 1. The SMILES string of the molecule is C[C@@H]1CNCCN1C(=O)c1ccc(F)c(C(F)(F)F)c1. The van der Waals surface area contributed by atoms with Gasteiger partial charge in [-0.3, -0.25) is 4.79 Å². The van der Waals surface area contributed by atoms with Crippen LogP contribution in [0.4, 0.5) is 17.6 Å². The van der Waals surface area contributed by atoms with E-state index in [1.807, 2.05) is 0 Å². The summed E-state index contributed by atoms with van der Waals surface area (Å²) in [6, 6.07) is 2.23. The van der Waals surface area contributed by atoms with Crippen LogP contribution in [0.3, 0.4) is 0 Å². The van der Waals surface area contributed by atoms with Gasteiger partial charge in [-0.05, 0) is 25.1 Å². The molecule has 0 bridgehead atoms. The summed E-state index contributed by atoms with van der Waals surface area (Å²) in [5.41, 5.74) is -1.56. The molecule has 110 valence electrons. The van der Waals surface area contributed by atoms with E-state index in [1.165, 1.54) is 4.90 Å². The minimum atomic E-state index is -4.81. The van der Waals surface area contributed by atoms with Gasteiger partial charge in [0.1, 0.15) is 5.82 Å². The Bertz CT molecular complexity index is 516. The van der Waals surface area contributed by atoms with E-state index in [1.54, 1.807) is 6.92 Å². The van der Waals surface area contributed by atoms with Crippen LogP contribution in [0, 0.1) is 5.82 Å². The average molecular weight is 290 g/mol. The molecule has 3 nitrogen and oxygen atoms in total. The predicted molar refractivity (Wildman–Crippen MR) is 64.8 cm³/mol. The maximum atomic E-state index is 13.2. The van der Waals surface area contributed by atoms with Gasteiger partial charge in [0.25, 0.3) is 5.91 Å². The molecule has 0 spiro atoms. The number of benzene rings is 1. The number of alkyl halides is 3. The van der Waals surface area contributed by atoms with Gasteiger partial charge in [0.2, 0.25) is 0 Å². The summed E-state index contributed by atoms with van der Waals surface area (Å²) in [6.07, 6.45) is -4.81. The zero-order chi connectivity index (χ0) is 14.9. The Morgan fingerprint density at radius 3 is 2.70 bits per heavy atom. The third-order valence-electron chi connectivity index (χ3n) is 3.28. The second-order valence-corrected chi connectivity index (χ2v) is 4.74. The number of piperazine rings is 1. The van der Waals surface area contributed by atoms with Crippen LogP contribution in [-0.4, -0.2) is 36.5 Å². The number of hydrogen-bond donors (Lipinski definition) is 1. The minimum absolute atomic E-state index is 0.115. The van der Waals surface area contributed by atoms with E-state index >= 15 is 0 Å². The molecule has 1 aliphatic rings. The lowest BCUT2D eigenvalue weighted by Gasteiger charge is -2.34. The number of nitrogens with zero attached hydrogens (tertiary/aromatic N) is 1. The van der Waals surface area contributed by atoms with Crippen LogP contribution < -0.4 is 5.32 Å². The van der Waals surface area contributed by atoms with Gasteiger partial charge >= 0.3 is 6.18 Å². The zero-order valence-corrected chi connectivity index (χ0v) is 10.8. The van der Waals surface area contributed by atoms with Crippen LogP contribution in [-0.2, 0) is 6.18 Å². The van der Waals surface area contributed by atoms with Crippen molar-refractivity contribution in [1.29, 1.82) is 0 Å². The van der Waals surface area contributed by atoms with Gasteiger partial charge in [-0.1, -0.05) is 0 Å². The molecule has 1 heterocycles. The summed E-state index contributed by atoms with van der Waals surface area (Å²) in [4.78, 5) is 13.7. The van der Waals surface area contributed by atoms with Gasteiger partial charge in [0.15, 0.2) is 0 Å². The first kappa shape index (κ1) is 14.8. The van der Waals surface area contributed by atoms with Gasteiger partial charge < -0.3 is 10.2 Å². The summed E-state index contributed by atoms with van der Waals surface area (Å²) in [5, 5.41) is 3.08. The molecule has 0 saturated carbocycles. The first-order valence-corrected chi connectivity index (χ1v) is 6.19. The van der Waals surface area contributed by atoms with E-state index in [4.69, 9.17) is 0 Å². The molecule has 1 atom stereocenters. The van der Waals surface area contributed by atoms with Crippen molar-refractivity contribution in [3.8, 4) is 0 Å². The molecule has 1 saturated heterocycles. The maximum Gasteiger partial charge on any atom is 0.419 e. The predicted octanol–water partition coefficient (Wildman–Crippen LogP) is 2.28. The lowest BCUT2D eigenvalue weighted by molar-refractivity contribution is -0.140. The molecule has 1 N–H and O–H groups in total. The van der Waals surface area contributed by atoms with Gasteiger partial charge in [0, 0.05) is 31.2 Å². The largest absolute Gasteiger partial charge is 0.419 e. The molecule has 1 amide bonds. The zero-order valence-electron chi connectivity index (χ0n) is 10.8. The van der Waals surface area contributed by atoms with Gasteiger partial charge in [-0.2, -0.15) is 13.2 Å². The van der Waals surface area contributed by atoms with Crippen LogP contribution in [0.15, 0.2) is 18.2 Å². The lowest BCUT2D eigenvalue weighted by atomic mass is 10.1. The summed E-state index contributed by atoms with van der Waals surface area (Å²) in [6.45, 7) is 3.39. The standard InChI is InChI=1S/C13H14F4N2O/c1-8-7-18-4-5-19(8)12(20)9-2-3-11(14)10(6-9)13(15,16)17/h2-3,6,8,18H,4-5,7H2,1H3/t8-/m1/s1. The second kappa shape index (κ2) is 5.40. The average Bonchev–Trinajstić information content (AvgIpc) is 2.37. The Labute approximate surface area is 113 Å². The second-order valence-electron chi connectivity index (χ2n) is 4.74. The Balaban J connectivity index is 2.31. The Morgan fingerprint density at radius 1 is 1.40 bits per heavy atom. The van der Waals surface area contributed by atoms with Crippen molar-refractivity contribution in [3.05, 3.63) is 35.1 Å².